The summed E-state index contributed by atoms with van der Waals surface area (Å²) in [6, 6.07) is 10.7. The molecule has 4 nitrogen and oxygen atoms in total. The number of benzene rings is 2. The van der Waals surface area contributed by atoms with Crippen molar-refractivity contribution in [3.05, 3.63) is 67.9 Å². The molecule has 3 rings (SSSR count). The molecule has 0 bridgehead atoms. The quantitative estimate of drug-likeness (QED) is 0.362. The fourth-order valence-electron chi connectivity index (χ4n) is 2.36. The lowest BCUT2D eigenvalue weighted by Crippen LogP contribution is -2.07. The molecule has 1 heterocycles. The number of nitrogens with zero attached hydrogens (tertiary/aromatic N) is 3. The topological polar surface area (TPSA) is 39.9 Å². The van der Waals surface area contributed by atoms with Crippen LogP contribution in [0.15, 0.2) is 41.6 Å². The summed E-state index contributed by atoms with van der Waals surface area (Å²) in [6.07, 6.45) is 0. The smallest absolute Gasteiger partial charge is 0.191 e. The second-order valence-electron chi connectivity index (χ2n) is 5.54. The van der Waals surface area contributed by atoms with E-state index in [0.717, 1.165) is 23.1 Å². The van der Waals surface area contributed by atoms with Crippen LogP contribution in [0.5, 0.6) is 5.75 Å². The first-order valence-corrected chi connectivity index (χ1v) is 10.5. The molecule has 0 unspecified atom stereocenters. The second kappa shape index (κ2) is 9.39. The van der Waals surface area contributed by atoms with Crippen LogP contribution >= 0.6 is 58.2 Å². The van der Waals surface area contributed by atoms with Crippen LogP contribution in [0.1, 0.15) is 18.3 Å². The van der Waals surface area contributed by atoms with Gasteiger partial charge in [-0.15, -0.1) is 10.2 Å². The molecular formula is C18H15Cl4N3OS. The maximum Gasteiger partial charge on any atom is 0.191 e. The van der Waals surface area contributed by atoms with Gasteiger partial charge in [-0.2, -0.15) is 0 Å². The predicted octanol–water partition coefficient (Wildman–Crippen LogP) is 6.78. The molecule has 142 valence electrons. The van der Waals surface area contributed by atoms with Gasteiger partial charge in [-0.3, -0.25) is 0 Å². The van der Waals surface area contributed by atoms with Crippen molar-refractivity contribution in [2.75, 3.05) is 0 Å². The number of rotatable bonds is 7. The fourth-order valence-corrected chi connectivity index (χ4v) is 4.11. The van der Waals surface area contributed by atoms with Crippen molar-refractivity contribution in [1.29, 1.82) is 0 Å². The number of aromatic nitrogens is 3. The van der Waals surface area contributed by atoms with Gasteiger partial charge in [0.15, 0.2) is 11.0 Å². The van der Waals surface area contributed by atoms with Crippen LogP contribution in [0.4, 0.5) is 0 Å². The third-order valence-corrected chi connectivity index (χ3v) is 6.02. The van der Waals surface area contributed by atoms with E-state index in [4.69, 9.17) is 51.1 Å². The molecule has 0 aliphatic carbocycles. The molecule has 3 aromatic rings. The largest absolute Gasteiger partial charge is 0.484 e. The van der Waals surface area contributed by atoms with E-state index in [2.05, 4.69) is 10.2 Å². The van der Waals surface area contributed by atoms with Gasteiger partial charge in [-0.05, 0) is 42.8 Å². The lowest BCUT2D eigenvalue weighted by molar-refractivity contribution is 0.288. The van der Waals surface area contributed by atoms with Crippen LogP contribution in [-0.2, 0) is 18.9 Å². The zero-order valence-corrected chi connectivity index (χ0v) is 18.1. The minimum absolute atomic E-state index is 0.259. The molecule has 0 spiro atoms. The molecule has 0 fully saturated rings. The van der Waals surface area contributed by atoms with E-state index < -0.39 is 0 Å². The fraction of sp³-hybridized carbons (Fsp3) is 0.222. The predicted molar refractivity (Wildman–Crippen MR) is 113 cm³/mol. The standard InChI is InChI=1S/C18H15Cl4N3OS/c1-2-25-17(9-26-16-6-4-12(19)8-15(16)22)23-24-18(25)27-10-11-3-5-13(20)14(21)7-11/h3-8H,2,9-10H2,1H3. The van der Waals surface area contributed by atoms with Gasteiger partial charge in [-0.1, -0.05) is 64.2 Å². The summed E-state index contributed by atoms with van der Waals surface area (Å²) in [4.78, 5) is 0. The van der Waals surface area contributed by atoms with Crippen molar-refractivity contribution in [3.8, 4) is 5.75 Å². The number of ether oxygens (including phenoxy) is 1. The Morgan fingerprint density at radius 2 is 1.78 bits per heavy atom. The van der Waals surface area contributed by atoms with Gasteiger partial charge in [0.2, 0.25) is 0 Å². The highest BCUT2D eigenvalue weighted by Gasteiger charge is 2.13. The molecule has 0 aliphatic rings. The molecule has 2 aromatic carbocycles. The highest BCUT2D eigenvalue weighted by Crippen LogP contribution is 2.29. The highest BCUT2D eigenvalue weighted by molar-refractivity contribution is 7.98. The molecule has 0 saturated carbocycles. The highest BCUT2D eigenvalue weighted by atomic mass is 35.5. The Morgan fingerprint density at radius 3 is 2.48 bits per heavy atom. The van der Waals surface area contributed by atoms with E-state index in [-0.39, 0.29) is 6.61 Å². The minimum atomic E-state index is 0.259. The van der Waals surface area contributed by atoms with E-state index in [0.29, 0.717) is 31.6 Å². The van der Waals surface area contributed by atoms with Crippen molar-refractivity contribution < 1.29 is 4.74 Å². The number of thioether (sulfide) groups is 1. The Balaban J connectivity index is 1.67. The van der Waals surface area contributed by atoms with Gasteiger partial charge in [0.1, 0.15) is 12.4 Å². The lowest BCUT2D eigenvalue weighted by Gasteiger charge is -2.10. The molecule has 1 aromatic heterocycles. The first-order valence-electron chi connectivity index (χ1n) is 8.04. The number of hydrogen-bond acceptors (Lipinski definition) is 4. The van der Waals surface area contributed by atoms with E-state index in [1.807, 2.05) is 23.6 Å². The average Bonchev–Trinajstić information content (AvgIpc) is 3.04. The van der Waals surface area contributed by atoms with Crippen molar-refractivity contribution in [2.24, 2.45) is 0 Å². The van der Waals surface area contributed by atoms with E-state index >= 15 is 0 Å². The molecule has 0 amide bonds. The summed E-state index contributed by atoms with van der Waals surface area (Å²) in [5, 5.41) is 11.4. The Labute approximate surface area is 181 Å². The van der Waals surface area contributed by atoms with Crippen LogP contribution in [0.3, 0.4) is 0 Å². The first kappa shape index (κ1) is 20.6. The molecule has 0 radical (unpaired) electrons. The van der Waals surface area contributed by atoms with Crippen molar-refractivity contribution in [1.82, 2.24) is 14.8 Å². The van der Waals surface area contributed by atoms with Gasteiger partial charge in [0, 0.05) is 17.3 Å². The molecule has 0 aliphatic heterocycles. The molecule has 9 heteroatoms. The van der Waals surface area contributed by atoms with Crippen LogP contribution < -0.4 is 4.74 Å². The van der Waals surface area contributed by atoms with Gasteiger partial charge >= 0.3 is 0 Å². The van der Waals surface area contributed by atoms with Gasteiger partial charge in [0.05, 0.1) is 15.1 Å². The SMILES string of the molecule is CCn1c(COc2ccc(Cl)cc2Cl)nnc1SCc1ccc(Cl)c(Cl)c1. The summed E-state index contributed by atoms with van der Waals surface area (Å²) in [6.45, 7) is 3.02. The summed E-state index contributed by atoms with van der Waals surface area (Å²) >= 11 is 25.6. The molecule has 0 saturated heterocycles. The van der Waals surface area contributed by atoms with Crippen LogP contribution in [0.25, 0.3) is 0 Å². The maximum absolute atomic E-state index is 6.14. The van der Waals surface area contributed by atoms with E-state index in [1.54, 1.807) is 36.0 Å². The van der Waals surface area contributed by atoms with Crippen LogP contribution in [-0.4, -0.2) is 14.8 Å². The molecule has 0 atom stereocenters. The summed E-state index contributed by atoms with van der Waals surface area (Å²) in [5.41, 5.74) is 1.06. The van der Waals surface area contributed by atoms with Gasteiger partial charge in [0.25, 0.3) is 0 Å². The molecule has 0 N–H and O–H groups in total. The zero-order valence-electron chi connectivity index (χ0n) is 14.3. The summed E-state index contributed by atoms with van der Waals surface area (Å²) in [5.74, 6) is 1.98. The second-order valence-corrected chi connectivity index (χ2v) is 8.14. The molecule has 27 heavy (non-hydrogen) atoms. The van der Waals surface area contributed by atoms with Gasteiger partial charge in [-0.25, -0.2) is 0 Å². The number of halogens is 4. The third-order valence-electron chi connectivity index (χ3n) is 3.71. The Hall–Kier alpha value is -1.11. The van der Waals surface area contributed by atoms with Crippen LogP contribution in [0.2, 0.25) is 20.1 Å². The maximum atomic E-state index is 6.14. The third kappa shape index (κ3) is 5.24. The number of hydrogen-bond donors (Lipinski definition) is 0. The van der Waals surface area contributed by atoms with Crippen LogP contribution in [0, 0.1) is 0 Å². The van der Waals surface area contributed by atoms with Crippen molar-refractivity contribution >= 4 is 58.2 Å². The van der Waals surface area contributed by atoms with E-state index in [1.165, 1.54) is 0 Å². The normalized spacial score (nSPS) is 11.0. The first-order chi connectivity index (χ1) is 13.0. The van der Waals surface area contributed by atoms with Crippen molar-refractivity contribution in [3.63, 3.8) is 0 Å². The minimum Gasteiger partial charge on any atom is -0.484 e. The zero-order chi connectivity index (χ0) is 19.4. The molecular weight excluding hydrogens is 448 g/mol. The Bertz CT molecular complexity index is 948. The summed E-state index contributed by atoms with van der Waals surface area (Å²) < 4.78 is 7.78. The Kier molecular flexibility index (Phi) is 7.17. The monoisotopic (exact) mass is 461 g/mol. The van der Waals surface area contributed by atoms with E-state index in [9.17, 15) is 0 Å². The lowest BCUT2D eigenvalue weighted by atomic mass is 10.2. The van der Waals surface area contributed by atoms with Gasteiger partial charge < -0.3 is 9.30 Å². The summed E-state index contributed by atoms with van der Waals surface area (Å²) in [7, 11) is 0. The Morgan fingerprint density at radius 1 is 0.963 bits per heavy atom. The van der Waals surface area contributed by atoms with Crippen molar-refractivity contribution in [2.45, 2.75) is 31.0 Å². The average molecular weight is 463 g/mol.